The molecule has 0 radical (unpaired) electrons. The molecule has 22 heavy (non-hydrogen) atoms. The topological polar surface area (TPSA) is 54.5 Å². The second-order valence-electron chi connectivity index (χ2n) is 5.83. The highest BCUT2D eigenvalue weighted by Crippen LogP contribution is 2.24. The normalized spacial score (nSPS) is 10.6. The first-order valence-electron chi connectivity index (χ1n) is 8.08. The maximum absolute atomic E-state index is 9.29. The van der Waals surface area contributed by atoms with Crippen LogP contribution in [-0.2, 0) is 6.54 Å². The van der Waals surface area contributed by atoms with Gasteiger partial charge in [0.1, 0.15) is 11.8 Å². The van der Waals surface area contributed by atoms with Gasteiger partial charge in [-0.25, -0.2) is 4.68 Å². The van der Waals surface area contributed by atoms with Crippen LogP contribution in [0.5, 0.6) is 0 Å². The number of unbranched alkanes of at least 4 members (excludes halogenated alkanes) is 4. The van der Waals surface area contributed by atoms with E-state index in [1.807, 2.05) is 4.68 Å². The van der Waals surface area contributed by atoms with Crippen molar-refractivity contribution in [2.24, 2.45) is 0 Å². The average Bonchev–Trinajstić information content (AvgIpc) is 2.93. The number of nitriles is 1. The van der Waals surface area contributed by atoms with E-state index >= 15 is 0 Å². The molecule has 0 unspecified atom stereocenters. The van der Waals surface area contributed by atoms with Crippen molar-refractivity contribution < 1.29 is 0 Å². The molecule has 1 aromatic heterocycles. The molecular weight excluding hydrogens is 272 g/mol. The summed E-state index contributed by atoms with van der Waals surface area (Å²) in [5.41, 5.74) is 4.76. The van der Waals surface area contributed by atoms with Crippen LogP contribution in [0.1, 0.15) is 55.8 Å². The molecule has 0 aliphatic heterocycles. The molecule has 4 nitrogen and oxygen atoms in total. The Morgan fingerprint density at radius 1 is 1.09 bits per heavy atom. The van der Waals surface area contributed by atoms with E-state index in [1.165, 1.54) is 36.8 Å². The SMILES string of the molecule is CCCCCCCn1nnc(C#N)c1-c1ccc(C)c(C)c1. The van der Waals surface area contributed by atoms with E-state index in [1.54, 1.807) is 0 Å². The fraction of sp³-hybridized carbons (Fsp3) is 0.500. The second-order valence-corrected chi connectivity index (χ2v) is 5.83. The van der Waals surface area contributed by atoms with Gasteiger partial charge in [-0.3, -0.25) is 0 Å². The molecule has 4 heteroatoms. The number of rotatable bonds is 7. The minimum absolute atomic E-state index is 0.414. The summed E-state index contributed by atoms with van der Waals surface area (Å²) in [5.74, 6) is 0. The Hall–Kier alpha value is -2.15. The van der Waals surface area contributed by atoms with Gasteiger partial charge in [0.05, 0.1) is 0 Å². The van der Waals surface area contributed by atoms with Gasteiger partial charge in [-0.05, 0) is 37.5 Å². The molecule has 0 amide bonds. The van der Waals surface area contributed by atoms with Gasteiger partial charge in [0.15, 0.2) is 5.69 Å². The van der Waals surface area contributed by atoms with Gasteiger partial charge in [0.2, 0.25) is 0 Å². The Kier molecular flexibility index (Phi) is 5.71. The molecule has 0 bridgehead atoms. The van der Waals surface area contributed by atoms with Crippen molar-refractivity contribution in [3.63, 3.8) is 0 Å². The zero-order valence-corrected chi connectivity index (χ0v) is 13.8. The third-order valence-corrected chi connectivity index (χ3v) is 4.09. The molecule has 0 atom stereocenters. The Morgan fingerprint density at radius 3 is 2.55 bits per heavy atom. The van der Waals surface area contributed by atoms with Gasteiger partial charge in [0.25, 0.3) is 0 Å². The monoisotopic (exact) mass is 296 g/mol. The third-order valence-electron chi connectivity index (χ3n) is 4.09. The maximum Gasteiger partial charge on any atom is 0.190 e. The van der Waals surface area contributed by atoms with Crippen LogP contribution in [0, 0.1) is 25.2 Å². The van der Waals surface area contributed by atoms with Crippen molar-refractivity contribution in [2.45, 2.75) is 59.4 Å². The van der Waals surface area contributed by atoms with Crippen molar-refractivity contribution in [1.29, 1.82) is 5.26 Å². The first kappa shape index (κ1) is 16.2. The number of aryl methyl sites for hydroxylation is 3. The molecule has 0 fully saturated rings. The van der Waals surface area contributed by atoms with E-state index in [-0.39, 0.29) is 0 Å². The molecule has 0 saturated heterocycles. The lowest BCUT2D eigenvalue weighted by Gasteiger charge is -2.09. The van der Waals surface area contributed by atoms with Crippen molar-refractivity contribution in [3.8, 4) is 17.3 Å². The molecule has 0 aliphatic carbocycles. The summed E-state index contributed by atoms with van der Waals surface area (Å²) in [7, 11) is 0. The quantitative estimate of drug-likeness (QED) is 0.711. The summed E-state index contributed by atoms with van der Waals surface area (Å²) in [5, 5.41) is 17.5. The molecule has 0 spiro atoms. The largest absolute Gasteiger partial charge is 0.243 e. The van der Waals surface area contributed by atoms with Crippen LogP contribution in [0.3, 0.4) is 0 Å². The maximum atomic E-state index is 9.29. The number of benzene rings is 1. The van der Waals surface area contributed by atoms with E-state index in [2.05, 4.69) is 55.4 Å². The predicted octanol–water partition coefficient (Wildman–Crippen LogP) is 4.40. The standard InChI is InChI=1S/C18H24N4/c1-4-5-6-7-8-11-22-18(17(13-19)20-21-22)16-10-9-14(2)15(3)12-16/h9-10,12H,4-8,11H2,1-3H3. The van der Waals surface area contributed by atoms with Crippen LogP contribution in [-0.4, -0.2) is 15.0 Å². The zero-order chi connectivity index (χ0) is 15.9. The van der Waals surface area contributed by atoms with E-state index in [0.29, 0.717) is 5.69 Å². The Bertz CT molecular complexity index is 664. The average molecular weight is 296 g/mol. The van der Waals surface area contributed by atoms with E-state index < -0.39 is 0 Å². The zero-order valence-electron chi connectivity index (χ0n) is 13.8. The summed E-state index contributed by atoms with van der Waals surface area (Å²) >= 11 is 0. The number of nitrogens with zero attached hydrogens (tertiary/aromatic N) is 4. The minimum atomic E-state index is 0.414. The molecule has 0 aliphatic rings. The van der Waals surface area contributed by atoms with Gasteiger partial charge in [-0.15, -0.1) is 5.10 Å². The number of aromatic nitrogens is 3. The lowest BCUT2D eigenvalue weighted by atomic mass is 10.0. The summed E-state index contributed by atoms with van der Waals surface area (Å²) in [6.07, 6.45) is 6.06. The molecule has 2 rings (SSSR count). The summed E-state index contributed by atoms with van der Waals surface area (Å²) in [6.45, 7) is 7.21. The lowest BCUT2D eigenvalue weighted by Crippen LogP contribution is -2.03. The fourth-order valence-electron chi connectivity index (χ4n) is 2.58. The predicted molar refractivity (Wildman–Crippen MR) is 88.4 cm³/mol. The van der Waals surface area contributed by atoms with Gasteiger partial charge in [0, 0.05) is 12.1 Å². The van der Waals surface area contributed by atoms with Crippen molar-refractivity contribution in [3.05, 3.63) is 35.0 Å². The smallest absolute Gasteiger partial charge is 0.190 e. The first-order chi connectivity index (χ1) is 10.7. The van der Waals surface area contributed by atoms with Gasteiger partial charge >= 0.3 is 0 Å². The van der Waals surface area contributed by atoms with Crippen molar-refractivity contribution in [2.75, 3.05) is 0 Å². The second kappa shape index (κ2) is 7.74. The van der Waals surface area contributed by atoms with Gasteiger partial charge in [-0.2, -0.15) is 5.26 Å². The highest BCUT2D eigenvalue weighted by molar-refractivity contribution is 5.66. The minimum Gasteiger partial charge on any atom is -0.243 e. The molecule has 116 valence electrons. The molecule has 0 saturated carbocycles. The molecule has 1 heterocycles. The number of hydrogen-bond acceptors (Lipinski definition) is 3. The van der Waals surface area contributed by atoms with E-state index in [0.717, 1.165) is 24.2 Å². The highest BCUT2D eigenvalue weighted by atomic mass is 15.4. The van der Waals surface area contributed by atoms with Crippen LogP contribution >= 0.6 is 0 Å². The van der Waals surface area contributed by atoms with Crippen molar-refractivity contribution >= 4 is 0 Å². The fourth-order valence-corrected chi connectivity index (χ4v) is 2.58. The molecular formula is C18H24N4. The van der Waals surface area contributed by atoms with Crippen LogP contribution < -0.4 is 0 Å². The Labute approximate surface area is 132 Å². The number of hydrogen-bond donors (Lipinski definition) is 0. The molecule has 2 aromatic rings. The lowest BCUT2D eigenvalue weighted by molar-refractivity contribution is 0.524. The van der Waals surface area contributed by atoms with Crippen LogP contribution in [0.15, 0.2) is 18.2 Å². The van der Waals surface area contributed by atoms with Crippen LogP contribution in [0.4, 0.5) is 0 Å². The highest BCUT2D eigenvalue weighted by Gasteiger charge is 2.15. The summed E-state index contributed by atoms with van der Waals surface area (Å²) in [4.78, 5) is 0. The summed E-state index contributed by atoms with van der Waals surface area (Å²) < 4.78 is 1.88. The Morgan fingerprint density at radius 2 is 1.86 bits per heavy atom. The summed E-state index contributed by atoms with van der Waals surface area (Å²) in [6, 6.07) is 8.42. The van der Waals surface area contributed by atoms with Crippen molar-refractivity contribution in [1.82, 2.24) is 15.0 Å². The molecule has 1 aromatic carbocycles. The van der Waals surface area contributed by atoms with Gasteiger partial charge in [-0.1, -0.05) is 50.0 Å². The van der Waals surface area contributed by atoms with E-state index in [4.69, 9.17) is 0 Å². The van der Waals surface area contributed by atoms with E-state index in [9.17, 15) is 5.26 Å². The van der Waals surface area contributed by atoms with Crippen LogP contribution in [0.2, 0.25) is 0 Å². The van der Waals surface area contributed by atoms with Gasteiger partial charge < -0.3 is 0 Å². The Balaban J connectivity index is 2.20. The first-order valence-corrected chi connectivity index (χ1v) is 8.08. The molecule has 0 N–H and O–H groups in total. The third kappa shape index (κ3) is 3.73. The van der Waals surface area contributed by atoms with Crippen LogP contribution in [0.25, 0.3) is 11.3 Å².